The highest BCUT2D eigenvalue weighted by molar-refractivity contribution is 6.18. The van der Waals surface area contributed by atoms with Gasteiger partial charge in [-0.05, 0) is 20.3 Å². The van der Waals surface area contributed by atoms with E-state index in [0.29, 0.717) is 6.42 Å². The molecular weight excluding hydrogens is 196 g/mol. The highest BCUT2D eigenvalue weighted by Crippen LogP contribution is 2.27. The molecule has 0 aromatic heterocycles. The molecule has 1 heterocycles. The number of rotatable bonds is 2. The molecule has 0 saturated carbocycles. The summed E-state index contributed by atoms with van der Waals surface area (Å²) in [5.41, 5.74) is -1.17. The SMILES string of the molecule is CC=CCC1(C)C(=O)NC(=O)N(C)C1=O. The summed E-state index contributed by atoms with van der Waals surface area (Å²) < 4.78 is 0. The van der Waals surface area contributed by atoms with Crippen LogP contribution in [0, 0.1) is 5.41 Å². The lowest BCUT2D eigenvalue weighted by atomic mass is 9.82. The van der Waals surface area contributed by atoms with Gasteiger partial charge in [0.1, 0.15) is 5.41 Å². The minimum Gasteiger partial charge on any atom is -0.277 e. The van der Waals surface area contributed by atoms with E-state index in [1.165, 1.54) is 14.0 Å². The van der Waals surface area contributed by atoms with Gasteiger partial charge in [0.2, 0.25) is 11.8 Å². The van der Waals surface area contributed by atoms with Crippen LogP contribution in [0.5, 0.6) is 0 Å². The number of carbonyl (C=O) groups is 3. The van der Waals surface area contributed by atoms with E-state index >= 15 is 0 Å². The molecule has 1 N–H and O–H groups in total. The zero-order valence-electron chi connectivity index (χ0n) is 9.03. The first-order valence-electron chi connectivity index (χ1n) is 4.68. The van der Waals surface area contributed by atoms with Gasteiger partial charge in [-0.15, -0.1) is 0 Å². The summed E-state index contributed by atoms with van der Waals surface area (Å²) in [5, 5.41) is 2.15. The molecule has 0 radical (unpaired) electrons. The maximum absolute atomic E-state index is 11.8. The second-order valence-corrected chi connectivity index (χ2v) is 3.73. The molecule has 0 aromatic carbocycles. The Morgan fingerprint density at radius 2 is 2.00 bits per heavy atom. The maximum atomic E-state index is 11.8. The molecule has 1 aliphatic heterocycles. The van der Waals surface area contributed by atoms with Gasteiger partial charge < -0.3 is 0 Å². The number of barbiturate groups is 1. The van der Waals surface area contributed by atoms with Crippen molar-refractivity contribution in [1.82, 2.24) is 10.2 Å². The van der Waals surface area contributed by atoms with E-state index in [1.54, 1.807) is 12.2 Å². The average molecular weight is 210 g/mol. The highest BCUT2D eigenvalue weighted by atomic mass is 16.2. The highest BCUT2D eigenvalue weighted by Gasteiger charge is 2.48. The second-order valence-electron chi connectivity index (χ2n) is 3.73. The lowest BCUT2D eigenvalue weighted by molar-refractivity contribution is -0.149. The molecule has 1 fully saturated rings. The normalized spacial score (nSPS) is 27.4. The predicted molar refractivity (Wildman–Crippen MR) is 53.8 cm³/mol. The minimum absolute atomic E-state index is 0.297. The Balaban J connectivity index is 3.00. The minimum atomic E-state index is -1.17. The Morgan fingerprint density at radius 1 is 1.40 bits per heavy atom. The first-order valence-corrected chi connectivity index (χ1v) is 4.68. The van der Waals surface area contributed by atoms with Gasteiger partial charge in [-0.3, -0.25) is 19.8 Å². The molecule has 0 aliphatic carbocycles. The van der Waals surface area contributed by atoms with Crippen molar-refractivity contribution in [3.63, 3.8) is 0 Å². The van der Waals surface area contributed by atoms with Crippen molar-refractivity contribution in [3.05, 3.63) is 12.2 Å². The average Bonchev–Trinajstić information content (AvgIpc) is 2.21. The fraction of sp³-hybridized carbons (Fsp3) is 0.500. The zero-order valence-corrected chi connectivity index (χ0v) is 9.03. The van der Waals surface area contributed by atoms with Crippen molar-refractivity contribution < 1.29 is 14.4 Å². The molecule has 1 saturated heterocycles. The molecule has 0 spiro atoms. The number of nitrogens with one attached hydrogen (secondary N) is 1. The smallest absolute Gasteiger partial charge is 0.277 e. The number of hydrogen-bond donors (Lipinski definition) is 1. The zero-order chi connectivity index (χ0) is 11.6. The fourth-order valence-electron chi connectivity index (χ4n) is 1.41. The summed E-state index contributed by atoms with van der Waals surface area (Å²) >= 11 is 0. The van der Waals surface area contributed by atoms with Crippen molar-refractivity contribution in [2.24, 2.45) is 5.41 Å². The largest absolute Gasteiger partial charge is 0.330 e. The summed E-state index contributed by atoms with van der Waals surface area (Å²) in [6, 6.07) is -0.664. The second kappa shape index (κ2) is 3.84. The molecule has 1 aliphatic rings. The predicted octanol–water partition coefficient (Wildman–Crippen LogP) is 0.667. The standard InChI is InChI=1S/C10H14N2O3/c1-4-5-6-10(2)7(13)11-9(15)12(3)8(10)14/h4-5H,6H2,1-3H3,(H,11,13,15). The Morgan fingerprint density at radius 3 is 2.53 bits per heavy atom. The van der Waals surface area contributed by atoms with Gasteiger partial charge in [-0.2, -0.15) is 0 Å². The van der Waals surface area contributed by atoms with Crippen LogP contribution in [0.2, 0.25) is 0 Å². The summed E-state index contributed by atoms with van der Waals surface area (Å²) in [5.74, 6) is -0.997. The van der Waals surface area contributed by atoms with Crippen molar-refractivity contribution in [1.29, 1.82) is 0 Å². The van der Waals surface area contributed by atoms with Crippen LogP contribution in [0.25, 0.3) is 0 Å². The van der Waals surface area contributed by atoms with Crippen molar-refractivity contribution in [2.75, 3.05) is 7.05 Å². The van der Waals surface area contributed by atoms with Gasteiger partial charge in [0, 0.05) is 7.05 Å². The van der Waals surface area contributed by atoms with Gasteiger partial charge in [0.05, 0.1) is 0 Å². The molecule has 5 nitrogen and oxygen atoms in total. The monoisotopic (exact) mass is 210 g/mol. The summed E-state index contributed by atoms with van der Waals surface area (Å²) in [6.07, 6.45) is 3.80. The Kier molecular flexibility index (Phi) is 2.93. The topological polar surface area (TPSA) is 66.5 Å². The molecule has 82 valence electrons. The van der Waals surface area contributed by atoms with Crippen LogP contribution in [-0.4, -0.2) is 29.8 Å². The van der Waals surface area contributed by atoms with E-state index < -0.39 is 23.3 Å². The number of amides is 4. The molecule has 1 atom stereocenters. The third-order valence-electron chi connectivity index (χ3n) is 2.56. The van der Waals surface area contributed by atoms with E-state index in [2.05, 4.69) is 5.32 Å². The van der Waals surface area contributed by atoms with Gasteiger partial charge in [-0.25, -0.2) is 4.79 Å². The lowest BCUT2D eigenvalue weighted by Crippen LogP contribution is -2.61. The van der Waals surface area contributed by atoms with E-state index in [9.17, 15) is 14.4 Å². The number of imide groups is 2. The van der Waals surface area contributed by atoms with Gasteiger partial charge >= 0.3 is 6.03 Å². The fourth-order valence-corrected chi connectivity index (χ4v) is 1.41. The molecule has 1 unspecified atom stereocenters. The number of nitrogens with zero attached hydrogens (tertiary/aromatic N) is 1. The first-order chi connectivity index (χ1) is 6.93. The number of hydrogen-bond acceptors (Lipinski definition) is 3. The van der Waals surface area contributed by atoms with E-state index in [1.807, 2.05) is 6.92 Å². The molecular formula is C10H14N2O3. The molecule has 0 aromatic rings. The van der Waals surface area contributed by atoms with Crippen molar-refractivity contribution >= 4 is 17.8 Å². The summed E-state index contributed by atoms with van der Waals surface area (Å²) in [6.45, 7) is 3.34. The van der Waals surface area contributed by atoms with Crippen molar-refractivity contribution in [2.45, 2.75) is 20.3 Å². The molecule has 4 amide bonds. The number of carbonyl (C=O) groups excluding carboxylic acids is 3. The van der Waals surface area contributed by atoms with Crippen LogP contribution in [-0.2, 0) is 9.59 Å². The molecule has 0 bridgehead atoms. The Bertz CT molecular complexity index is 349. The third kappa shape index (κ3) is 1.77. The summed E-state index contributed by atoms with van der Waals surface area (Å²) in [7, 11) is 1.36. The van der Waals surface area contributed by atoms with Crippen LogP contribution >= 0.6 is 0 Å². The van der Waals surface area contributed by atoms with Crippen LogP contribution in [0.3, 0.4) is 0 Å². The summed E-state index contributed by atoms with van der Waals surface area (Å²) in [4.78, 5) is 35.4. The Labute approximate surface area is 88.1 Å². The van der Waals surface area contributed by atoms with Crippen LogP contribution in [0.4, 0.5) is 4.79 Å². The molecule has 15 heavy (non-hydrogen) atoms. The van der Waals surface area contributed by atoms with Crippen molar-refractivity contribution in [3.8, 4) is 0 Å². The first kappa shape index (κ1) is 11.4. The quantitative estimate of drug-likeness (QED) is 0.538. The van der Waals surface area contributed by atoms with E-state index in [4.69, 9.17) is 0 Å². The van der Waals surface area contributed by atoms with E-state index in [0.717, 1.165) is 4.90 Å². The van der Waals surface area contributed by atoms with Gasteiger partial charge in [0.25, 0.3) is 0 Å². The molecule has 5 heteroatoms. The molecule has 1 rings (SSSR count). The van der Waals surface area contributed by atoms with E-state index in [-0.39, 0.29) is 0 Å². The van der Waals surface area contributed by atoms with Gasteiger partial charge in [0.15, 0.2) is 0 Å². The van der Waals surface area contributed by atoms with Crippen LogP contribution < -0.4 is 5.32 Å². The lowest BCUT2D eigenvalue weighted by Gasteiger charge is -2.34. The third-order valence-corrected chi connectivity index (χ3v) is 2.56. The maximum Gasteiger partial charge on any atom is 0.330 e. The van der Waals surface area contributed by atoms with Crippen LogP contribution in [0.15, 0.2) is 12.2 Å². The number of urea groups is 1. The van der Waals surface area contributed by atoms with Gasteiger partial charge in [-0.1, -0.05) is 12.2 Å². The number of allylic oxidation sites excluding steroid dienone is 2. The Hall–Kier alpha value is -1.65. The van der Waals surface area contributed by atoms with Crippen LogP contribution in [0.1, 0.15) is 20.3 Å².